The predicted molar refractivity (Wildman–Crippen MR) is 120 cm³/mol. The van der Waals surface area contributed by atoms with Crippen molar-refractivity contribution < 1.29 is 4.42 Å². The van der Waals surface area contributed by atoms with Gasteiger partial charge in [-0.1, -0.05) is 72.8 Å². The lowest BCUT2D eigenvalue weighted by Gasteiger charge is -2.07. The van der Waals surface area contributed by atoms with E-state index in [1.54, 1.807) is 0 Å². The molecule has 0 amide bonds. The molecule has 0 aliphatic heterocycles. The number of aromatic nitrogens is 2. The van der Waals surface area contributed by atoms with Gasteiger partial charge in [0.25, 0.3) is 0 Å². The van der Waals surface area contributed by atoms with E-state index in [2.05, 4.69) is 56.3 Å². The second kappa shape index (κ2) is 7.02. The quantitative estimate of drug-likeness (QED) is 0.336. The molecule has 0 aliphatic carbocycles. The molecular weight excluding hydrogens is 356 g/mol. The third kappa shape index (κ3) is 3.01. The van der Waals surface area contributed by atoms with E-state index < -0.39 is 0 Å². The van der Waals surface area contributed by atoms with E-state index in [-0.39, 0.29) is 0 Å². The highest BCUT2D eigenvalue weighted by Crippen LogP contribution is 2.35. The normalized spacial score (nSPS) is 12.0. The molecule has 0 N–H and O–H groups in total. The molecule has 0 fully saturated rings. The van der Waals surface area contributed by atoms with Gasteiger partial charge in [0.1, 0.15) is 16.8 Å². The number of benzene rings is 3. The number of hydrogen-bond acceptors (Lipinski definition) is 3. The van der Waals surface area contributed by atoms with Crippen molar-refractivity contribution in [3.63, 3.8) is 0 Å². The van der Waals surface area contributed by atoms with E-state index in [1.807, 2.05) is 42.5 Å². The highest BCUT2D eigenvalue weighted by molar-refractivity contribution is 6.07. The minimum absolute atomic E-state index is 0.701. The van der Waals surface area contributed by atoms with Gasteiger partial charge in [0, 0.05) is 16.5 Å². The standard InChI is InChI=1S/C26H20N2O/c1-3-17(2)18-13-15-20(16-14-18)26-27-23(19-9-5-4-6-10-19)25-24(28-26)21-11-7-8-12-22(21)29-25/h3-16H,1-2H3/b17-3+. The van der Waals surface area contributed by atoms with Gasteiger partial charge < -0.3 is 4.42 Å². The van der Waals surface area contributed by atoms with Crippen LogP contribution in [0.15, 0.2) is 89.4 Å². The summed E-state index contributed by atoms with van der Waals surface area (Å²) in [5.74, 6) is 0.701. The molecule has 2 aromatic heterocycles. The lowest BCUT2D eigenvalue weighted by Crippen LogP contribution is -1.94. The zero-order valence-corrected chi connectivity index (χ0v) is 16.4. The summed E-state index contributed by atoms with van der Waals surface area (Å²) in [6.07, 6.45) is 2.11. The van der Waals surface area contributed by atoms with Gasteiger partial charge in [0.05, 0.1) is 0 Å². The first-order valence-electron chi connectivity index (χ1n) is 9.73. The van der Waals surface area contributed by atoms with Crippen molar-refractivity contribution in [2.45, 2.75) is 13.8 Å². The third-order valence-electron chi connectivity index (χ3n) is 5.30. The zero-order valence-electron chi connectivity index (χ0n) is 16.4. The van der Waals surface area contributed by atoms with Crippen LogP contribution in [0.2, 0.25) is 0 Å². The molecule has 0 saturated heterocycles. The second-order valence-corrected chi connectivity index (χ2v) is 7.09. The SMILES string of the molecule is C/C=C(\C)c1ccc(-c2nc(-c3ccccc3)c3oc4ccccc4c3n2)cc1. The number of allylic oxidation sites excluding steroid dienone is 2. The third-order valence-corrected chi connectivity index (χ3v) is 5.30. The van der Waals surface area contributed by atoms with Crippen LogP contribution in [0.5, 0.6) is 0 Å². The van der Waals surface area contributed by atoms with Crippen LogP contribution in [-0.4, -0.2) is 9.97 Å². The molecule has 0 radical (unpaired) electrons. The van der Waals surface area contributed by atoms with Crippen LogP contribution in [-0.2, 0) is 0 Å². The first kappa shape index (κ1) is 17.4. The van der Waals surface area contributed by atoms with E-state index >= 15 is 0 Å². The fraction of sp³-hybridized carbons (Fsp3) is 0.0769. The molecule has 3 nitrogen and oxygen atoms in total. The largest absolute Gasteiger partial charge is 0.452 e. The maximum atomic E-state index is 6.16. The molecule has 5 rings (SSSR count). The Balaban J connectivity index is 1.77. The van der Waals surface area contributed by atoms with Crippen molar-refractivity contribution in [3.8, 4) is 22.6 Å². The Kier molecular flexibility index (Phi) is 4.21. The van der Waals surface area contributed by atoms with Crippen molar-refractivity contribution in [1.82, 2.24) is 9.97 Å². The molecule has 2 heterocycles. The van der Waals surface area contributed by atoms with Crippen LogP contribution in [0, 0.1) is 0 Å². The number of fused-ring (bicyclic) bond motifs is 3. The van der Waals surface area contributed by atoms with E-state index in [1.165, 1.54) is 11.1 Å². The summed E-state index contributed by atoms with van der Waals surface area (Å²) >= 11 is 0. The summed E-state index contributed by atoms with van der Waals surface area (Å²) < 4.78 is 6.16. The van der Waals surface area contributed by atoms with Gasteiger partial charge >= 0.3 is 0 Å². The minimum Gasteiger partial charge on any atom is -0.452 e. The van der Waals surface area contributed by atoms with Crippen LogP contribution in [0.25, 0.3) is 50.3 Å². The average Bonchev–Trinajstić information content (AvgIpc) is 3.17. The molecule has 3 heteroatoms. The monoisotopic (exact) mass is 376 g/mol. The number of furan rings is 1. The van der Waals surface area contributed by atoms with E-state index in [0.29, 0.717) is 5.82 Å². The topological polar surface area (TPSA) is 38.9 Å². The fourth-order valence-corrected chi connectivity index (χ4v) is 3.56. The van der Waals surface area contributed by atoms with Crippen LogP contribution in [0.4, 0.5) is 0 Å². The summed E-state index contributed by atoms with van der Waals surface area (Å²) in [7, 11) is 0. The van der Waals surface area contributed by atoms with E-state index in [9.17, 15) is 0 Å². The van der Waals surface area contributed by atoms with E-state index in [0.717, 1.165) is 38.9 Å². The minimum atomic E-state index is 0.701. The van der Waals surface area contributed by atoms with Gasteiger partial charge in [-0.25, -0.2) is 9.97 Å². The molecular formula is C26H20N2O. The molecule has 5 aromatic rings. The van der Waals surface area contributed by atoms with Crippen molar-refractivity contribution in [1.29, 1.82) is 0 Å². The van der Waals surface area contributed by atoms with Crippen LogP contribution in [0.3, 0.4) is 0 Å². The Morgan fingerprint density at radius 3 is 2.28 bits per heavy atom. The average molecular weight is 376 g/mol. The first-order chi connectivity index (χ1) is 14.2. The second-order valence-electron chi connectivity index (χ2n) is 7.09. The zero-order chi connectivity index (χ0) is 19.8. The maximum absolute atomic E-state index is 6.16. The van der Waals surface area contributed by atoms with Crippen molar-refractivity contribution >= 4 is 27.6 Å². The maximum Gasteiger partial charge on any atom is 0.180 e. The molecule has 0 spiro atoms. The van der Waals surface area contributed by atoms with Crippen LogP contribution >= 0.6 is 0 Å². The van der Waals surface area contributed by atoms with Gasteiger partial charge in [0.15, 0.2) is 11.4 Å². The molecule has 0 bridgehead atoms. The van der Waals surface area contributed by atoms with Gasteiger partial charge in [-0.05, 0) is 37.1 Å². The number of hydrogen-bond donors (Lipinski definition) is 0. The fourth-order valence-electron chi connectivity index (χ4n) is 3.56. The highest BCUT2D eigenvalue weighted by Gasteiger charge is 2.17. The molecule has 140 valence electrons. The first-order valence-corrected chi connectivity index (χ1v) is 9.73. The number of nitrogens with zero attached hydrogens (tertiary/aromatic N) is 2. The van der Waals surface area contributed by atoms with Gasteiger partial charge in [-0.3, -0.25) is 0 Å². The summed E-state index contributed by atoms with van der Waals surface area (Å²) in [6.45, 7) is 4.17. The Morgan fingerprint density at radius 1 is 0.793 bits per heavy atom. The Bertz CT molecular complexity index is 1350. The molecule has 3 aromatic carbocycles. The highest BCUT2D eigenvalue weighted by atomic mass is 16.3. The Hall–Kier alpha value is -3.72. The summed E-state index contributed by atoms with van der Waals surface area (Å²) in [5.41, 5.74) is 7.66. The molecule has 0 atom stereocenters. The Morgan fingerprint density at radius 2 is 1.52 bits per heavy atom. The van der Waals surface area contributed by atoms with Gasteiger partial charge in [-0.15, -0.1) is 0 Å². The van der Waals surface area contributed by atoms with Crippen LogP contribution < -0.4 is 0 Å². The predicted octanol–water partition coefficient (Wildman–Crippen LogP) is 7.13. The molecule has 0 unspecified atom stereocenters. The lowest BCUT2D eigenvalue weighted by atomic mass is 10.0. The summed E-state index contributed by atoms with van der Waals surface area (Å²) in [5, 5.41) is 1.00. The van der Waals surface area contributed by atoms with E-state index in [4.69, 9.17) is 14.4 Å². The van der Waals surface area contributed by atoms with Crippen molar-refractivity contribution in [2.24, 2.45) is 0 Å². The molecule has 0 aliphatic rings. The molecule has 0 saturated carbocycles. The van der Waals surface area contributed by atoms with Gasteiger partial charge in [-0.2, -0.15) is 0 Å². The molecule has 29 heavy (non-hydrogen) atoms. The van der Waals surface area contributed by atoms with Crippen LogP contribution in [0.1, 0.15) is 19.4 Å². The van der Waals surface area contributed by atoms with Gasteiger partial charge in [0.2, 0.25) is 0 Å². The van der Waals surface area contributed by atoms with Crippen molar-refractivity contribution in [2.75, 3.05) is 0 Å². The summed E-state index contributed by atoms with van der Waals surface area (Å²) in [6, 6.07) is 26.5. The smallest absolute Gasteiger partial charge is 0.180 e. The lowest BCUT2D eigenvalue weighted by molar-refractivity contribution is 0.667. The van der Waals surface area contributed by atoms with Crippen molar-refractivity contribution in [3.05, 3.63) is 90.5 Å². The Labute approximate surface area is 169 Å². The summed E-state index contributed by atoms with van der Waals surface area (Å²) in [4.78, 5) is 9.81. The number of rotatable bonds is 3. The number of para-hydroxylation sites is 1.